The highest BCUT2D eigenvalue weighted by atomic mass is 35.5. The number of nitrogens with zero attached hydrogens (tertiary/aromatic N) is 1. The summed E-state index contributed by atoms with van der Waals surface area (Å²) in [6, 6.07) is 11.6. The van der Waals surface area contributed by atoms with Crippen molar-refractivity contribution in [1.82, 2.24) is 0 Å². The van der Waals surface area contributed by atoms with Crippen LogP contribution < -0.4 is 17.0 Å². The van der Waals surface area contributed by atoms with Crippen LogP contribution in [0.5, 0.6) is 0 Å². The molecule has 1 heterocycles. The minimum atomic E-state index is 0. The van der Waals surface area contributed by atoms with E-state index in [0.29, 0.717) is 5.56 Å². The first kappa shape index (κ1) is 14.1. The van der Waals surface area contributed by atoms with E-state index in [1.54, 1.807) is 0 Å². The van der Waals surface area contributed by atoms with Crippen LogP contribution >= 0.6 is 0 Å². The first-order valence-corrected chi connectivity index (χ1v) is 5.46. The highest BCUT2D eigenvalue weighted by Crippen LogP contribution is 2.08. The standard InChI is InChI=1S/C15H14NO.ClH/c1-16-10-8-14(9-11-16)3-2-13-4-6-15(12-17)7-5-13;/h2-12H,1H3;1H/q+1;/p-1/b3-2-;. The maximum atomic E-state index is 10.5. The molecule has 0 aliphatic rings. The van der Waals surface area contributed by atoms with Crippen molar-refractivity contribution in [2.24, 2.45) is 7.05 Å². The Morgan fingerprint density at radius 3 is 1.78 bits per heavy atom. The Balaban J connectivity index is 0.00000162. The molecule has 1 aromatic carbocycles. The highest BCUT2D eigenvalue weighted by Gasteiger charge is 1.92. The van der Waals surface area contributed by atoms with E-state index in [1.807, 2.05) is 54.3 Å². The van der Waals surface area contributed by atoms with Crippen LogP contribution in [-0.2, 0) is 7.05 Å². The summed E-state index contributed by atoms with van der Waals surface area (Å²) in [6.45, 7) is 0. The Hall–Kier alpha value is -1.93. The Labute approximate surface area is 113 Å². The third-order valence-electron chi connectivity index (χ3n) is 2.55. The number of pyridine rings is 1. The predicted octanol–water partition coefficient (Wildman–Crippen LogP) is -0.502. The minimum Gasteiger partial charge on any atom is -1.00 e. The molecule has 0 radical (unpaired) electrons. The molecule has 0 spiro atoms. The molecule has 2 rings (SSSR count). The van der Waals surface area contributed by atoms with Gasteiger partial charge in [-0.3, -0.25) is 4.79 Å². The molecule has 0 atom stereocenters. The molecule has 92 valence electrons. The fourth-order valence-electron chi connectivity index (χ4n) is 1.50. The van der Waals surface area contributed by atoms with Crippen LogP contribution in [-0.4, -0.2) is 6.29 Å². The van der Waals surface area contributed by atoms with Crippen LogP contribution in [0.25, 0.3) is 12.2 Å². The molecule has 0 saturated heterocycles. The lowest BCUT2D eigenvalue weighted by molar-refractivity contribution is -0.671. The first-order valence-electron chi connectivity index (χ1n) is 5.46. The fraction of sp³-hybridized carbons (Fsp3) is 0.0667. The lowest BCUT2D eigenvalue weighted by atomic mass is 10.1. The summed E-state index contributed by atoms with van der Waals surface area (Å²) in [5.74, 6) is 0. The molecule has 18 heavy (non-hydrogen) atoms. The number of hydrogen-bond acceptors (Lipinski definition) is 1. The molecule has 3 heteroatoms. The molecular formula is C15H14ClNO. The highest BCUT2D eigenvalue weighted by molar-refractivity contribution is 5.76. The average Bonchev–Trinajstić information content (AvgIpc) is 2.39. The van der Waals surface area contributed by atoms with Gasteiger partial charge in [-0.25, -0.2) is 4.57 Å². The van der Waals surface area contributed by atoms with Crippen molar-refractivity contribution in [2.45, 2.75) is 0 Å². The molecule has 0 N–H and O–H groups in total. The second-order valence-corrected chi connectivity index (χ2v) is 3.91. The zero-order chi connectivity index (χ0) is 12.1. The van der Waals surface area contributed by atoms with Gasteiger partial charge >= 0.3 is 0 Å². The van der Waals surface area contributed by atoms with Crippen LogP contribution in [0.4, 0.5) is 0 Å². The Morgan fingerprint density at radius 1 is 0.833 bits per heavy atom. The Morgan fingerprint density at radius 2 is 1.28 bits per heavy atom. The zero-order valence-corrected chi connectivity index (χ0v) is 10.8. The van der Waals surface area contributed by atoms with Gasteiger partial charge in [0.2, 0.25) is 0 Å². The number of rotatable bonds is 3. The average molecular weight is 260 g/mol. The van der Waals surface area contributed by atoms with Gasteiger partial charge in [0.1, 0.15) is 13.3 Å². The summed E-state index contributed by atoms with van der Waals surface area (Å²) in [4.78, 5) is 10.5. The zero-order valence-electron chi connectivity index (χ0n) is 10.1. The SMILES string of the molecule is C[n+]1ccc(/C=C\c2ccc(C=O)cc2)cc1.[Cl-]. The summed E-state index contributed by atoms with van der Waals surface area (Å²) in [7, 11) is 1.99. The predicted molar refractivity (Wildman–Crippen MR) is 68.4 cm³/mol. The number of hydrogen-bond donors (Lipinski definition) is 0. The van der Waals surface area contributed by atoms with Crippen molar-refractivity contribution < 1.29 is 21.8 Å². The van der Waals surface area contributed by atoms with E-state index in [1.165, 1.54) is 0 Å². The number of halogens is 1. The Bertz CT molecular complexity index is 529. The summed E-state index contributed by atoms with van der Waals surface area (Å²) in [5.41, 5.74) is 2.94. The molecule has 2 aromatic rings. The maximum absolute atomic E-state index is 10.5. The molecule has 0 aliphatic carbocycles. The molecule has 0 saturated carbocycles. The summed E-state index contributed by atoms with van der Waals surface area (Å²) < 4.78 is 2.00. The number of carbonyl (C=O) groups excluding carboxylic acids is 1. The largest absolute Gasteiger partial charge is 1.00 e. The first-order chi connectivity index (χ1) is 8.28. The van der Waals surface area contributed by atoms with Crippen molar-refractivity contribution in [1.29, 1.82) is 0 Å². The van der Waals surface area contributed by atoms with Gasteiger partial charge in [0.25, 0.3) is 0 Å². The molecule has 0 bridgehead atoms. The van der Waals surface area contributed by atoms with Crippen molar-refractivity contribution in [3.63, 3.8) is 0 Å². The minimum absolute atomic E-state index is 0. The normalized spacial score (nSPS) is 10.1. The summed E-state index contributed by atoms with van der Waals surface area (Å²) in [5, 5.41) is 0. The van der Waals surface area contributed by atoms with Gasteiger partial charge in [-0.15, -0.1) is 0 Å². The Kier molecular flexibility index (Phi) is 5.28. The van der Waals surface area contributed by atoms with Crippen molar-refractivity contribution in [3.8, 4) is 0 Å². The number of benzene rings is 1. The van der Waals surface area contributed by atoms with Gasteiger partial charge in [0.15, 0.2) is 12.4 Å². The topological polar surface area (TPSA) is 20.9 Å². The van der Waals surface area contributed by atoms with Gasteiger partial charge in [0, 0.05) is 17.7 Å². The molecular weight excluding hydrogens is 246 g/mol. The number of carbonyl (C=O) groups is 1. The number of aromatic nitrogens is 1. The third kappa shape index (κ3) is 3.82. The lowest BCUT2D eigenvalue weighted by Gasteiger charge is -1.94. The lowest BCUT2D eigenvalue weighted by Crippen LogP contribution is -3.00. The van der Waals surface area contributed by atoms with E-state index in [2.05, 4.69) is 18.2 Å². The van der Waals surface area contributed by atoms with Crippen molar-refractivity contribution in [3.05, 3.63) is 65.5 Å². The van der Waals surface area contributed by atoms with Gasteiger partial charge < -0.3 is 12.4 Å². The fourth-order valence-corrected chi connectivity index (χ4v) is 1.50. The molecule has 0 aliphatic heterocycles. The molecule has 0 amide bonds. The quantitative estimate of drug-likeness (QED) is 0.538. The van der Waals surface area contributed by atoms with Gasteiger partial charge in [-0.1, -0.05) is 36.4 Å². The van der Waals surface area contributed by atoms with E-state index < -0.39 is 0 Å². The molecule has 2 nitrogen and oxygen atoms in total. The van der Waals surface area contributed by atoms with Crippen molar-refractivity contribution >= 4 is 18.4 Å². The summed E-state index contributed by atoms with van der Waals surface area (Å²) >= 11 is 0. The van der Waals surface area contributed by atoms with E-state index in [0.717, 1.165) is 17.4 Å². The van der Waals surface area contributed by atoms with Gasteiger partial charge in [0.05, 0.1) is 0 Å². The second-order valence-electron chi connectivity index (χ2n) is 3.91. The monoisotopic (exact) mass is 259 g/mol. The van der Waals surface area contributed by atoms with Gasteiger partial charge in [-0.05, 0) is 11.1 Å². The van der Waals surface area contributed by atoms with E-state index in [9.17, 15) is 4.79 Å². The third-order valence-corrected chi connectivity index (χ3v) is 2.55. The smallest absolute Gasteiger partial charge is 0.169 e. The molecule has 1 aromatic heterocycles. The maximum Gasteiger partial charge on any atom is 0.169 e. The van der Waals surface area contributed by atoms with Crippen LogP contribution in [0, 0.1) is 0 Å². The van der Waals surface area contributed by atoms with Gasteiger partial charge in [-0.2, -0.15) is 0 Å². The second kappa shape index (κ2) is 6.72. The van der Waals surface area contributed by atoms with Crippen LogP contribution in [0.15, 0.2) is 48.8 Å². The molecule has 0 unspecified atom stereocenters. The molecule has 0 fully saturated rings. The van der Waals surface area contributed by atoms with Crippen molar-refractivity contribution in [2.75, 3.05) is 0 Å². The number of aldehydes is 1. The summed E-state index contributed by atoms with van der Waals surface area (Å²) in [6.07, 6.45) is 8.95. The van der Waals surface area contributed by atoms with Crippen LogP contribution in [0.1, 0.15) is 21.5 Å². The van der Waals surface area contributed by atoms with E-state index in [4.69, 9.17) is 0 Å². The number of aryl methyl sites for hydroxylation is 1. The van der Waals surface area contributed by atoms with E-state index >= 15 is 0 Å². The van der Waals surface area contributed by atoms with Crippen LogP contribution in [0.2, 0.25) is 0 Å². The van der Waals surface area contributed by atoms with Crippen LogP contribution in [0.3, 0.4) is 0 Å². The van der Waals surface area contributed by atoms with E-state index in [-0.39, 0.29) is 12.4 Å².